The van der Waals surface area contributed by atoms with E-state index in [0.29, 0.717) is 34.2 Å². The van der Waals surface area contributed by atoms with Gasteiger partial charge in [0.1, 0.15) is 41.1 Å². The van der Waals surface area contributed by atoms with Crippen molar-refractivity contribution in [2.24, 2.45) is 0 Å². The van der Waals surface area contributed by atoms with E-state index in [4.69, 9.17) is 14.2 Å². The van der Waals surface area contributed by atoms with Crippen LogP contribution in [-0.2, 0) is 6.61 Å². The van der Waals surface area contributed by atoms with Crippen LogP contribution in [0.3, 0.4) is 0 Å². The van der Waals surface area contributed by atoms with Gasteiger partial charge in [0, 0.05) is 24.2 Å². The molecule has 4 rings (SSSR count). The van der Waals surface area contributed by atoms with Crippen LogP contribution in [0.4, 0.5) is 8.78 Å². The zero-order valence-electron chi connectivity index (χ0n) is 20.1. The zero-order valence-corrected chi connectivity index (χ0v) is 21.7. The smallest absolute Gasteiger partial charge is 0.189 e. The zero-order chi connectivity index (χ0) is 25.8. The monoisotopic (exact) mass is 559 g/mol. The van der Waals surface area contributed by atoms with Crippen molar-refractivity contribution in [1.29, 1.82) is 0 Å². The molecule has 0 saturated carbocycles. The van der Waals surface area contributed by atoms with Crippen molar-refractivity contribution in [1.82, 2.24) is 24.7 Å². The topological polar surface area (TPSA) is 84.2 Å². The first-order chi connectivity index (χ1) is 17.3. The SMILES string of the molecule is CCOc1ccc(OCc2nc(-c3nc(C(C)C)ncc3Br)n(-c3cc(F)c(F)cc3OC)n2)cc1. The minimum absolute atomic E-state index is 0.0136. The van der Waals surface area contributed by atoms with Crippen LogP contribution < -0.4 is 14.2 Å². The summed E-state index contributed by atoms with van der Waals surface area (Å²) in [5.74, 6) is 0.518. The van der Waals surface area contributed by atoms with Crippen molar-refractivity contribution in [3.05, 3.63) is 70.4 Å². The Morgan fingerprint density at radius 3 is 2.31 bits per heavy atom. The number of methoxy groups -OCH3 is 1. The summed E-state index contributed by atoms with van der Waals surface area (Å²) in [6, 6.07) is 9.11. The number of nitrogens with zero attached hydrogens (tertiary/aromatic N) is 5. The molecule has 0 aliphatic carbocycles. The van der Waals surface area contributed by atoms with Gasteiger partial charge in [0.25, 0.3) is 0 Å². The van der Waals surface area contributed by atoms with Crippen LogP contribution in [0.25, 0.3) is 17.2 Å². The summed E-state index contributed by atoms with van der Waals surface area (Å²) in [4.78, 5) is 13.6. The molecule has 0 radical (unpaired) electrons. The van der Waals surface area contributed by atoms with E-state index in [2.05, 4.69) is 36.0 Å². The molecule has 0 bridgehead atoms. The molecule has 0 amide bonds. The van der Waals surface area contributed by atoms with E-state index in [-0.39, 0.29) is 29.8 Å². The number of benzene rings is 2. The summed E-state index contributed by atoms with van der Waals surface area (Å²) in [6.45, 7) is 6.42. The van der Waals surface area contributed by atoms with Crippen LogP contribution in [-0.4, -0.2) is 38.4 Å². The molecule has 2 aromatic heterocycles. The molecule has 8 nitrogen and oxygen atoms in total. The molecular formula is C25H24BrF2N5O3. The molecule has 0 N–H and O–H groups in total. The summed E-state index contributed by atoms with van der Waals surface area (Å²) in [7, 11) is 1.36. The fraction of sp³-hybridized carbons (Fsp3) is 0.280. The summed E-state index contributed by atoms with van der Waals surface area (Å²) in [5.41, 5.74) is 0.586. The largest absolute Gasteiger partial charge is 0.494 e. The van der Waals surface area contributed by atoms with E-state index in [1.807, 2.05) is 20.8 Å². The molecule has 0 atom stereocenters. The fourth-order valence-electron chi connectivity index (χ4n) is 3.35. The first-order valence-corrected chi connectivity index (χ1v) is 12.0. The summed E-state index contributed by atoms with van der Waals surface area (Å²) >= 11 is 3.47. The van der Waals surface area contributed by atoms with Crippen LogP contribution in [0.15, 0.2) is 47.1 Å². The highest BCUT2D eigenvalue weighted by Gasteiger charge is 2.23. The fourth-order valence-corrected chi connectivity index (χ4v) is 3.71. The van der Waals surface area contributed by atoms with Gasteiger partial charge in [-0.15, -0.1) is 5.10 Å². The summed E-state index contributed by atoms with van der Waals surface area (Å²) in [5, 5.41) is 4.52. The van der Waals surface area contributed by atoms with Gasteiger partial charge in [0.15, 0.2) is 23.3 Å². The van der Waals surface area contributed by atoms with Gasteiger partial charge in [-0.3, -0.25) is 0 Å². The standard InChI is InChI=1S/C25H24BrF2N5O3/c1-5-35-15-6-8-16(9-7-15)36-13-22-30-25(23-17(26)12-29-24(31-23)14(2)3)33(32-22)20-10-18(27)19(28)11-21(20)34-4/h6-12,14H,5,13H2,1-4H3. The Bertz CT molecular complexity index is 1360. The molecule has 2 aromatic carbocycles. The van der Waals surface area contributed by atoms with Crippen molar-refractivity contribution in [2.45, 2.75) is 33.3 Å². The predicted octanol–water partition coefficient (Wildman–Crippen LogP) is 5.87. The highest BCUT2D eigenvalue weighted by atomic mass is 79.9. The quantitative estimate of drug-likeness (QED) is 0.253. The van der Waals surface area contributed by atoms with Crippen LogP contribution in [0, 0.1) is 11.6 Å². The van der Waals surface area contributed by atoms with Crippen molar-refractivity contribution in [2.75, 3.05) is 13.7 Å². The van der Waals surface area contributed by atoms with Gasteiger partial charge in [0.05, 0.1) is 18.2 Å². The van der Waals surface area contributed by atoms with E-state index in [1.165, 1.54) is 11.8 Å². The molecule has 11 heteroatoms. The van der Waals surface area contributed by atoms with Crippen LogP contribution >= 0.6 is 15.9 Å². The number of aromatic nitrogens is 5. The summed E-state index contributed by atoms with van der Waals surface area (Å²) in [6.07, 6.45) is 1.62. The van der Waals surface area contributed by atoms with E-state index in [1.54, 1.807) is 30.5 Å². The lowest BCUT2D eigenvalue weighted by atomic mass is 10.2. The predicted molar refractivity (Wildman–Crippen MR) is 133 cm³/mol. The normalized spacial score (nSPS) is 11.1. The van der Waals surface area contributed by atoms with Crippen LogP contribution in [0.1, 0.15) is 38.3 Å². The van der Waals surface area contributed by atoms with Crippen molar-refractivity contribution >= 4 is 15.9 Å². The maximum Gasteiger partial charge on any atom is 0.189 e. The third kappa shape index (κ3) is 5.46. The molecule has 2 heterocycles. The Hall–Kier alpha value is -3.60. The lowest BCUT2D eigenvalue weighted by molar-refractivity contribution is 0.294. The van der Waals surface area contributed by atoms with Gasteiger partial charge in [-0.1, -0.05) is 13.8 Å². The van der Waals surface area contributed by atoms with Gasteiger partial charge in [0.2, 0.25) is 0 Å². The number of hydrogen-bond donors (Lipinski definition) is 0. The van der Waals surface area contributed by atoms with Gasteiger partial charge in [-0.2, -0.15) is 0 Å². The molecule has 0 unspecified atom stereocenters. The second-order valence-corrected chi connectivity index (χ2v) is 8.83. The average Bonchev–Trinajstić information content (AvgIpc) is 3.29. The van der Waals surface area contributed by atoms with Crippen molar-refractivity contribution in [3.8, 4) is 34.5 Å². The van der Waals surface area contributed by atoms with Crippen LogP contribution in [0.2, 0.25) is 0 Å². The molecule has 188 valence electrons. The minimum Gasteiger partial charge on any atom is -0.494 e. The summed E-state index contributed by atoms with van der Waals surface area (Å²) < 4.78 is 46.7. The third-order valence-corrected chi connectivity index (χ3v) is 5.67. The number of halogens is 3. The van der Waals surface area contributed by atoms with Gasteiger partial charge >= 0.3 is 0 Å². The van der Waals surface area contributed by atoms with Gasteiger partial charge in [-0.25, -0.2) is 28.4 Å². The molecule has 0 aliphatic heterocycles. The Kier molecular flexibility index (Phi) is 7.78. The molecule has 0 aliphatic rings. The third-order valence-electron chi connectivity index (χ3n) is 5.09. The minimum atomic E-state index is -1.05. The van der Waals surface area contributed by atoms with E-state index in [9.17, 15) is 8.78 Å². The first kappa shape index (κ1) is 25.5. The Labute approximate surface area is 215 Å². The first-order valence-electron chi connectivity index (χ1n) is 11.2. The second-order valence-electron chi connectivity index (χ2n) is 7.97. The molecule has 0 fully saturated rings. The molecule has 36 heavy (non-hydrogen) atoms. The molecule has 0 saturated heterocycles. The van der Waals surface area contributed by atoms with E-state index < -0.39 is 11.6 Å². The number of hydrogen-bond acceptors (Lipinski definition) is 7. The van der Waals surface area contributed by atoms with Crippen molar-refractivity contribution < 1.29 is 23.0 Å². The van der Waals surface area contributed by atoms with E-state index >= 15 is 0 Å². The van der Waals surface area contributed by atoms with Gasteiger partial charge in [-0.05, 0) is 47.1 Å². The lowest BCUT2D eigenvalue weighted by Crippen LogP contribution is -2.07. The van der Waals surface area contributed by atoms with Gasteiger partial charge < -0.3 is 14.2 Å². The number of rotatable bonds is 9. The lowest BCUT2D eigenvalue weighted by Gasteiger charge is -2.12. The number of ether oxygens (including phenoxy) is 3. The molecule has 4 aromatic rings. The van der Waals surface area contributed by atoms with E-state index in [0.717, 1.165) is 17.9 Å². The Morgan fingerprint density at radius 1 is 1.00 bits per heavy atom. The second kappa shape index (κ2) is 11.0. The maximum atomic E-state index is 14.3. The molecular weight excluding hydrogens is 536 g/mol. The molecule has 0 spiro atoms. The van der Waals surface area contributed by atoms with Crippen molar-refractivity contribution in [3.63, 3.8) is 0 Å². The Balaban J connectivity index is 1.77. The highest BCUT2D eigenvalue weighted by molar-refractivity contribution is 9.10. The highest BCUT2D eigenvalue weighted by Crippen LogP contribution is 2.32. The average molecular weight is 560 g/mol. The Morgan fingerprint density at radius 2 is 1.67 bits per heavy atom. The van der Waals surface area contributed by atoms with Crippen LogP contribution in [0.5, 0.6) is 17.2 Å². The maximum absolute atomic E-state index is 14.3.